The van der Waals surface area contributed by atoms with Crippen LogP contribution >= 0.6 is 38.5 Å². The maximum absolute atomic E-state index is 12.1. The fraction of sp³-hybridized carbons (Fsp3) is 0.143. The number of hydrogen-bond acceptors (Lipinski definition) is 0. The van der Waals surface area contributed by atoms with Crippen LogP contribution in [0.3, 0.4) is 0 Å². The molecule has 0 fully saturated rings. The van der Waals surface area contributed by atoms with E-state index in [2.05, 4.69) is 15.9 Å². The van der Waals surface area contributed by atoms with Crippen LogP contribution < -0.4 is 0 Å². The van der Waals surface area contributed by atoms with E-state index >= 15 is 0 Å². The standard InChI is InChI=1S/C7H4BrF2I/c8-4-1-2-5(7(9)10)6(11)3-4/h1-3,7H. The molecule has 0 aliphatic rings. The third-order valence-electron chi connectivity index (χ3n) is 1.20. The van der Waals surface area contributed by atoms with E-state index in [1.54, 1.807) is 12.1 Å². The summed E-state index contributed by atoms with van der Waals surface area (Å²) in [7, 11) is 0. The van der Waals surface area contributed by atoms with Crippen molar-refractivity contribution in [1.82, 2.24) is 0 Å². The molecule has 0 nitrogen and oxygen atoms in total. The van der Waals surface area contributed by atoms with Crippen LogP contribution in [-0.4, -0.2) is 0 Å². The maximum Gasteiger partial charge on any atom is 0.264 e. The SMILES string of the molecule is FC(F)c1ccc(Br)cc1I. The fourth-order valence-corrected chi connectivity index (χ4v) is 2.22. The third kappa shape index (κ3) is 2.37. The summed E-state index contributed by atoms with van der Waals surface area (Å²) in [6.45, 7) is 0. The average molecular weight is 333 g/mol. The molecule has 0 amide bonds. The predicted octanol–water partition coefficient (Wildman–Crippen LogP) is 3.99. The van der Waals surface area contributed by atoms with E-state index in [0.29, 0.717) is 3.57 Å². The Morgan fingerprint density at radius 1 is 1.36 bits per heavy atom. The van der Waals surface area contributed by atoms with E-state index in [4.69, 9.17) is 0 Å². The van der Waals surface area contributed by atoms with Crippen molar-refractivity contribution in [2.45, 2.75) is 6.43 Å². The minimum atomic E-state index is -2.38. The Morgan fingerprint density at radius 3 is 2.45 bits per heavy atom. The zero-order valence-electron chi connectivity index (χ0n) is 5.32. The van der Waals surface area contributed by atoms with Crippen molar-refractivity contribution in [3.8, 4) is 0 Å². The minimum Gasteiger partial charge on any atom is -0.205 e. The third-order valence-corrected chi connectivity index (χ3v) is 2.63. The Kier molecular flexibility index (Phi) is 3.24. The highest BCUT2D eigenvalue weighted by Gasteiger charge is 2.10. The van der Waals surface area contributed by atoms with Crippen LogP contribution in [0.5, 0.6) is 0 Å². The van der Waals surface area contributed by atoms with Crippen LogP contribution in [0.1, 0.15) is 12.0 Å². The van der Waals surface area contributed by atoms with Gasteiger partial charge in [0.1, 0.15) is 0 Å². The highest BCUT2D eigenvalue weighted by Crippen LogP contribution is 2.26. The first-order valence-corrected chi connectivity index (χ1v) is 4.71. The van der Waals surface area contributed by atoms with Crippen molar-refractivity contribution in [2.75, 3.05) is 0 Å². The van der Waals surface area contributed by atoms with Crippen LogP contribution in [0.2, 0.25) is 0 Å². The van der Waals surface area contributed by atoms with Gasteiger partial charge in [0, 0.05) is 13.6 Å². The molecule has 0 atom stereocenters. The first kappa shape index (κ1) is 9.38. The average Bonchev–Trinajstić information content (AvgIpc) is 1.85. The molecule has 0 saturated carbocycles. The number of rotatable bonds is 1. The summed E-state index contributed by atoms with van der Waals surface area (Å²) in [6.07, 6.45) is -2.38. The second kappa shape index (κ2) is 3.80. The van der Waals surface area contributed by atoms with E-state index in [0.717, 1.165) is 4.47 Å². The van der Waals surface area contributed by atoms with Crippen LogP contribution in [0.25, 0.3) is 0 Å². The first-order chi connectivity index (χ1) is 5.11. The Bertz CT molecular complexity index is 263. The Morgan fingerprint density at radius 2 is 2.00 bits per heavy atom. The minimum absolute atomic E-state index is 0.0915. The molecule has 0 saturated heterocycles. The number of halogens is 4. The normalized spacial score (nSPS) is 10.6. The maximum atomic E-state index is 12.1. The molecule has 0 heterocycles. The van der Waals surface area contributed by atoms with Crippen LogP contribution in [-0.2, 0) is 0 Å². The molecule has 0 bridgehead atoms. The van der Waals surface area contributed by atoms with Gasteiger partial charge in [0.05, 0.1) is 0 Å². The quantitative estimate of drug-likeness (QED) is 0.682. The molecule has 4 heteroatoms. The van der Waals surface area contributed by atoms with Gasteiger partial charge in [-0.3, -0.25) is 0 Å². The molecule has 0 unspecified atom stereocenters. The van der Waals surface area contributed by atoms with Gasteiger partial charge in [-0.05, 0) is 34.7 Å². The molecule has 0 aliphatic carbocycles. The van der Waals surface area contributed by atoms with E-state index in [1.165, 1.54) is 6.07 Å². The van der Waals surface area contributed by atoms with E-state index in [1.807, 2.05) is 22.6 Å². The van der Waals surface area contributed by atoms with Crippen molar-refractivity contribution >= 4 is 38.5 Å². The van der Waals surface area contributed by atoms with E-state index in [9.17, 15) is 8.78 Å². The molecular weight excluding hydrogens is 329 g/mol. The predicted molar refractivity (Wildman–Crippen MR) is 51.8 cm³/mol. The van der Waals surface area contributed by atoms with E-state index in [-0.39, 0.29) is 5.56 Å². The van der Waals surface area contributed by atoms with Crippen LogP contribution in [0.15, 0.2) is 22.7 Å². The largest absolute Gasteiger partial charge is 0.264 e. The molecule has 0 aromatic heterocycles. The lowest BCUT2D eigenvalue weighted by Crippen LogP contribution is -1.87. The van der Waals surface area contributed by atoms with Gasteiger partial charge in [0.2, 0.25) is 0 Å². The van der Waals surface area contributed by atoms with Crippen molar-refractivity contribution < 1.29 is 8.78 Å². The molecule has 1 aromatic rings. The summed E-state index contributed by atoms with van der Waals surface area (Å²) in [4.78, 5) is 0. The van der Waals surface area contributed by atoms with Gasteiger partial charge in [-0.2, -0.15) is 0 Å². The van der Waals surface area contributed by atoms with E-state index < -0.39 is 6.43 Å². The zero-order chi connectivity index (χ0) is 8.43. The summed E-state index contributed by atoms with van der Waals surface area (Å²) in [6, 6.07) is 4.71. The topological polar surface area (TPSA) is 0 Å². The first-order valence-electron chi connectivity index (χ1n) is 2.84. The summed E-state index contributed by atoms with van der Waals surface area (Å²) < 4.78 is 25.7. The molecule has 0 spiro atoms. The molecule has 1 aromatic carbocycles. The highest BCUT2D eigenvalue weighted by molar-refractivity contribution is 14.1. The number of alkyl halides is 2. The molecule has 0 N–H and O–H groups in total. The fourth-order valence-electron chi connectivity index (χ4n) is 0.678. The van der Waals surface area contributed by atoms with Gasteiger partial charge in [-0.15, -0.1) is 0 Å². The molecule has 0 radical (unpaired) electrons. The van der Waals surface area contributed by atoms with Crippen molar-refractivity contribution in [1.29, 1.82) is 0 Å². The lowest BCUT2D eigenvalue weighted by atomic mass is 10.2. The van der Waals surface area contributed by atoms with Crippen molar-refractivity contribution in [3.63, 3.8) is 0 Å². The second-order valence-corrected chi connectivity index (χ2v) is 4.04. The monoisotopic (exact) mass is 332 g/mol. The van der Waals surface area contributed by atoms with Gasteiger partial charge < -0.3 is 0 Å². The van der Waals surface area contributed by atoms with Crippen LogP contribution in [0.4, 0.5) is 8.78 Å². The number of hydrogen-bond donors (Lipinski definition) is 0. The zero-order valence-corrected chi connectivity index (χ0v) is 9.06. The molecule has 11 heavy (non-hydrogen) atoms. The summed E-state index contributed by atoms with van der Waals surface area (Å²) >= 11 is 5.09. The Balaban J connectivity index is 3.09. The Hall–Kier alpha value is 0.290. The van der Waals surface area contributed by atoms with Gasteiger partial charge in [0.25, 0.3) is 6.43 Å². The smallest absolute Gasteiger partial charge is 0.205 e. The molecule has 1 rings (SSSR count). The van der Waals surface area contributed by atoms with Gasteiger partial charge in [-0.25, -0.2) is 8.78 Å². The lowest BCUT2D eigenvalue weighted by Gasteiger charge is -2.02. The lowest BCUT2D eigenvalue weighted by molar-refractivity contribution is 0.150. The summed E-state index contributed by atoms with van der Waals surface area (Å²) in [5, 5.41) is 0. The molecular formula is C7H4BrF2I. The van der Waals surface area contributed by atoms with Crippen molar-refractivity contribution in [2.24, 2.45) is 0 Å². The number of benzene rings is 1. The van der Waals surface area contributed by atoms with Crippen molar-refractivity contribution in [3.05, 3.63) is 31.8 Å². The Labute approximate surface area is 85.3 Å². The summed E-state index contributed by atoms with van der Waals surface area (Å²) in [5.41, 5.74) is 0.0915. The molecule has 60 valence electrons. The highest BCUT2D eigenvalue weighted by atomic mass is 127. The van der Waals surface area contributed by atoms with Gasteiger partial charge >= 0.3 is 0 Å². The second-order valence-electron chi connectivity index (χ2n) is 1.97. The van der Waals surface area contributed by atoms with Gasteiger partial charge in [0.15, 0.2) is 0 Å². The summed E-state index contributed by atoms with van der Waals surface area (Å²) in [5.74, 6) is 0. The molecule has 0 aliphatic heterocycles. The van der Waals surface area contributed by atoms with Crippen LogP contribution in [0, 0.1) is 3.57 Å². The van der Waals surface area contributed by atoms with Gasteiger partial charge in [-0.1, -0.05) is 22.0 Å².